The molecule has 15 nitrogen and oxygen atoms in total. The van der Waals surface area contributed by atoms with E-state index in [0.717, 1.165) is 88.0 Å². The van der Waals surface area contributed by atoms with Gasteiger partial charge in [0, 0.05) is 18.8 Å². The van der Waals surface area contributed by atoms with Crippen molar-refractivity contribution in [1.82, 2.24) is 44.9 Å². The maximum atomic E-state index is 13.7. The van der Waals surface area contributed by atoms with E-state index in [9.17, 15) is 19.2 Å². The minimum Gasteiger partial charge on any atom is -0.453 e. The highest BCUT2D eigenvalue weighted by molar-refractivity contribution is 5.87. The van der Waals surface area contributed by atoms with Gasteiger partial charge in [0.15, 0.2) is 0 Å². The highest BCUT2D eigenvalue weighted by Crippen LogP contribution is 2.37. The number of ether oxygens (including phenoxy) is 2. The molecule has 0 aliphatic carbocycles. The number of benzene rings is 3. The summed E-state index contributed by atoms with van der Waals surface area (Å²) in [6, 6.07) is 27.8. The largest absolute Gasteiger partial charge is 0.453 e. The zero-order valence-corrected chi connectivity index (χ0v) is 38.6. The lowest BCUT2D eigenvalue weighted by Gasteiger charge is -2.30. The lowest BCUT2D eigenvalue weighted by Crippen LogP contribution is -2.51. The number of alkyl carbamates (subject to hydrolysis) is 2. The number of hydrogen-bond donors (Lipinski definition) is 4. The molecule has 0 bridgehead atoms. The molecule has 344 valence electrons. The minimum absolute atomic E-state index is 0.117. The number of H-pyrrole nitrogens is 2. The molecule has 4 unspecified atom stereocenters. The molecule has 4 amide bonds. The first-order valence-corrected chi connectivity index (χ1v) is 22.7. The molecule has 2 saturated heterocycles. The summed E-state index contributed by atoms with van der Waals surface area (Å²) in [7, 11) is 2.59. The van der Waals surface area contributed by atoms with Gasteiger partial charge in [0.2, 0.25) is 11.8 Å². The summed E-state index contributed by atoms with van der Waals surface area (Å²) in [6.45, 7) is 10.9. The Morgan fingerprint density at radius 2 is 0.985 bits per heavy atom. The van der Waals surface area contributed by atoms with Crippen LogP contribution in [0.15, 0.2) is 97.3 Å². The van der Waals surface area contributed by atoms with Crippen LogP contribution in [0, 0.1) is 18.8 Å². The fourth-order valence-electron chi connectivity index (χ4n) is 9.19. The van der Waals surface area contributed by atoms with Crippen LogP contribution < -0.4 is 10.6 Å². The Morgan fingerprint density at radius 3 is 1.36 bits per heavy atom. The molecule has 2 aliphatic heterocycles. The van der Waals surface area contributed by atoms with E-state index in [-0.39, 0.29) is 35.7 Å². The van der Waals surface area contributed by atoms with Crippen molar-refractivity contribution in [2.45, 2.75) is 84.5 Å². The summed E-state index contributed by atoms with van der Waals surface area (Å²) in [4.78, 5) is 71.6. The van der Waals surface area contributed by atoms with Gasteiger partial charge >= 0.3 is 12.2 Å². The zero-order valence-electron chi connectivity index (χ0n) is 38.6. The van der Waals surface area contributed by atoms with Gasteiger partial charge < -0.3 is 44.4 Å². The second-order valence-corrected chi connectivity index (χ2v) is 17.9. The van der Waals surface area contributed by atoms with Gasteiger partial charge in [0.25, 0.3) is 0 Å². The van der Waals surface area contributed by atoms with E-state index in [4.69, 9.17) is 19.4 Å². The summed E-state index contributed by atoms with van der Waals surface area (Å²) in [5, 5.41) is 5.43. The third-order valence-electron chi connectivity index (χ3n) is 12.8. The Hall–Kier alpha value is -7.16. The Morgan fingerprint density at radius 1 is 0.591 bits per heavy atom. The third-order valence-corrected chi connectivity index (χ3v) is 12.8. The smallest absolute Gasteiger partial charge is 0.407 e. The van der Waals surface area contributed by atoms with Crippen LogP contribution in [0.25, 0.3) is 50.7 Å². The van der Waals surface area contributed by atoms with Crippen molar-refractivity contribution in [2.24, 2.45) is 11.8 Å². The van der Waals surface area contributed by atoms with Crippen LogP contribution in [-0.4, -0.2) is 97.7 Å². The van der Waals surface area contributed by atoms with Crippen LogP contribution in [0.3, 0.4) is 0 Å². The van der Waals surface area contributed by atoms with E-state index in [2.05, 4.69) is 117 Å². The number of aromatic amines is 2. The zero-order chi connectivity index (χ0) is 46.6. The molecule has 0 spiro atoms. The van der Waals surface area contributed by atoms with E-state index in [1.165, 1.54) is 19.8 Å². The van der Waals surface area contributed by atoms with Crippen LogP contribution in [0.5, 0.6) is 0 Å². The number of aryl methyl sites for hydroxylation is 1. The fraction of sp³-hybridized carbons (Fsp3) is 0.373. The van der Waals surface area contributed by atoms with Gasteiger partial charge in [-0.1, -0.05) is 93.9 Å². The molecule has 15 heteroatoms. The van der Waals surface area contributed by atoms with Gasteiger partial charge in [-0.3, -0.25) is 9.59 Å². The van der Waals surface area contributed by atoms with E-state index >= 15 is 0 Å². The van der Waals surface area contributed by atoms with E-state index in [0.29, 0.717) is 13.1 Å². The minimum atomic E-state index is -0.701. The van der Waals surface area contributed by atoms with Gasteiger partial charge in [0.1, 0.15) is 23.7 Å². The van der Waals surface area contributed by atoms with E-state index < -0.39 is 24.3 Å². The number of likely N-dealkylation sites (tertiary alicyclic amines) is 2. The van der Waals surface area contributed by atoms with Crippen molar-refractivity contribution in [2.75, 3.05) is 27.3 Å². The Balaban J connectivity index is 1.01. The summed E-state index contributed by atoms with van der Waals surface area (Å²) in [5.74, 6) is 0.916. The highest BCUT2D eigenvalue weighted by atomic mass is 16.5. The van der Waals surface area contributed by atoms with Crippen molar-refractivity contribution >= 4 is 24.0 Å². The second kappa shape index (κ2) is 19.5. The molecule has 6 aromatic rings. The van der Waals surface area contributed by atoms with E-state index in [1.807, 2.05) is 49.9 Å². The van der Waals surface area contributed by atoms with Crippen molar-refractivity contribution in [3.05, 3.63) is 115 Å². The SMILES string of the molecule is COC(=O)NC(C(=O)N1CCCC1c1ncc(-c2ccc(-c3ccc(-c4ccc(-c5cnc(C6CCCN6C(=O)C(NC(=O)OC)C(C)C)[nH]5)cc4)n3-c3ccc(C)cc3)cc2)[nH]1)C(C)C. The first-order valence-electron chi connectivity index (χ1n) is 22.7. The van der Waals surface area contributed by atoms with Crippen molar-refractivity contribution < 1.29 is 28.7 Å². The number of nitrogens with one attached hydrogen (secondary N) is 4. The molecule has 4 atom stereocenters. The average Bonchev–Trinajstić information content (AvgIpc) is 4.19. The summed E-state index contributed by atoms with van der Waals surface area (Å²) >= 11 is 0. The summed E-state index contributed by atoms with van der Waals surface area (Å²) in [6.07, 6.45) is 5.60. The fourth-order valence-corrected chi connectivity index (χ4v) is 9.19. The van der Waals surface area contributed by atoms with Gasteiger partial charge in [-0.15, -0.1) is 0 Å². The molecule has 3 aromatic carbocycles. The number of imidazole rings is 2. The molecule has 2 aliphatic rings. The maximum Gasteiger partial charge on any atom is 0.407 e. The molecular weight excluding hydrogens is 835 g/mol. The highest BCUT2D eigenvalue weighted by Gasteiger charge is 2.39. The predicted octanol–water partition coefficient (Wildman–Crippen LogP) is 8.99. The van der Waals surface area contributed by atoms with Crippen molar-refractivity contribution in [3.8, 4) is 50.7 Å². The number of nitrogens with zero attached hydrogens (tertiary/aromatic N) is 5. The normalized spacial score (nSPS) is 17.0. The number of carbonyl (C=O) groups is 4. The Bertz CT molecular complexity index is 2500. The Kier molecular flexibility index (Phi) is 13.4. The van der Waals surface area contributed by atoms with Crippen LogP contribution >= 0.6 is 0 Å². The van der Waals surface area contributed by atoms with Crippen molar-refractivity contribution in [1.29, 1.82) is 0 Å². The molecule has 2 fully saturated rings. The molecule has 5 heterocycles. The average molecular weight is 894 g/mol. The quantitative estimate of drug-likeness (QED) is 0.0887. The van der Waals surface area contributed by atoms with Crippen LogP contribution in [0.2, 0.25) is 0 Å². The predicted molar refractivity (Wildman–Crippen MR) is 252 cm³/mol. The van der Waals surface area contributed by atoms with Gasteiger partial charge in [0.05, 0.1) is 61.5 Å². The first kappa shape index (κ1) is 45.4. The molecular formula is C51H59N9O6. The molecule has 66 heavy (non-hydrogen) atoms. The third kappa shape index (κ3) is 9.33. The molecule has 0 radical (unpaired) electrons. The monoisotopic (exact) mass is 893 g/mol. The summed E-state index contributed by atoms with van der Waals surface area (Å²) in [5.41, 5.74) is 9.99. The summed E-state index contributed by atoms with van der Waals surface area (Å²) < 4.78 is 11.9. The van der Waals surface area contributed by atoms with Gasteiger partial charge in [-0.25, -0.2) is 19.6 Å². The van der Waals surface area contributed by atoms with Crippen LogP contribution in [-0.2, 0) is 19.1 Å². The number of hydrogen-bond acceptors (Lipinski definition) is 8. The molecule has 3 aromatic heterocycles. The number of rotatable bonds is 13. The maximum absolute atomic E-state index is 13.7. The topological polar surface area (TPSA) is 180 Å². The van der Waals surface area contributed by atoms with E-state index in [1.54, 1.807) is 0 Å². The molecule has 8 rings (SSSR count). The molecule has 4 N–H and O–H groups in total. The number of carbonyl (C=O) groups excluding carboxylic acids is 4. The number of amides is 4. The van der Waals surface area contributed by atoms with Gasteiger partial charge in [-0.2, -0.15) is 0 Å². The van der Waals surface area contributed by atoms with Crippen molar-refractivity contribution in [3.63, 3.8) is 0 Å². The first-order chi connectivity index (χ1) is 31.8. The second-order valence-electron chi connectivity index (χ2n) is 17.9. The lowest BCUT2D eigenvalue weighted by atomic mass is 10.0. The lowest BCUT2D eigenvalue weighted by molar-refractivity contribution is -0.136. The Labute approximate surface area is 385 Å². The van der Waals surface area contributed by atoms with Crippen LogP contribution in [0.1, 0.15) is 82.7 Å². The number of aromatic nitrogens is 5. The van der Waals surface area contributed by atoms with Crippen LogP contribution in [0.4, 0.5) is 9.59 Å². The van der Waals surface area contributed by atoms with Gasteiger partial charge in [-0.05, 0) is 91.0 Å². The molecule has 0 saturated carbocycles. The standard InChI is InChI=1S/C51H59N9O6/c1-30(2)44(56-50(63)65-6)48(61)58-26-8-10-42(58)46-52-28-38(54-46)33-14-18-35(19-15-33)40-24-25-41(60(40)37-22-12-32(5)13-23-37)36-20-16-34(17-21-36)39-29-53-47(55-39)43-11-9-27-59(43)49(62)45(31(3)4)57-51(64)66-7/h12-25,28-31,42-45H,8-11,26-27H2,1-7H3,(H,52,54)(H,53,55)(H,56,63)(H,57,64). The number of methoxy groups -OCH3 is 2.